The molecule has 0 atom stereocenters. The number of halogens is 1. The van der Waals surface area contributed by atoms with Crippen molar-refractivity contribution in [2.75, 3.05) is 6.61 Å². The minimum atomic E-state index is -0.653. The first kappa shape index (κ1) is 23.8. The van der Waals surface area contributed by atoms with Crippen LogP contribution in [0.3, 0.4) is 0 Å². The lowest BCUT2D eigenvalue weighted by Crippen LogP contribution is -2.40. The SMILES string of the molecule is CC(=O)OCC1(c2cc(F)c(CC(=O)OC(C)(C)C)cc2OCc2ccccc2)CCC1. The maximum absolute atomic E-state index is 15.1. The van der Waals surface area contributed by atoms with Crippen molar-refractivity contribution in [3.63, 3.8) is 0 Å². The third-order valence-corrected chi connectivity index (χ3v) is 5.57. The number of hydrogen-bond acceptors (Lipinski definition) is 5. The highest BCUT2D eigenvalue weighted by atomic mass is 19.1. The smallest absolute Gasteiger partial charge is 0.310 e. The minimum absolute atomic E-state index is 0.175. The predicted octanol–water partition coefficient (Wildman–Crippen LogP) is 5.27. The van der Waals surface area contributed by atoms with E-state index >= 15 is 4.39 Å². The molecule has 0 N–H and O–H groups in total. The fraction of sp³-hybridized carbons (Fsp3) is 0.462. The van der Waals surface area contributed by atoms with Gasteiger partial charge in [-0.05, 0) is 51.3 Å². The number of esters is 2. The summed E-state index contributed by atoms with van der Waals surface area (Å²) in [5.41, 5.74) is 0.724. The number of carbonyl (C=O) groups is 2. The Bertz CT molecular complexity index is 958. The molecule has 0 saturated heterocycles. The van der Waals surface area contributed by atoms with Crippen LogP contribution in [0.15, 0.2) is 42.5 Å². The maximum atomic E-state index is 15.1. The molecule has 0 aromatic heterocycles. The number of rotatable bonds is 8. The Labute approximate surface area is 188 Å². The second-order valence-electron chi connectivity index (χ2n) is 9.39. The molecule has 0 aliphatic heterocycles. The van der Waals surface area contributed by atoms with Gasteiger partial charge in [-0.25, -0.2) is 4.39 Å². The molecule has 0 radical (unpaired) electrons. The molecule has 2 aromatic carbocycles. The Hall–Kier alpha value is -2.89. The molecule has 0 bridgehead atoms. The van der Waals surface area contributed by atoms with Gasteiger partial charge in [0.05, 0.1) is 6.42 Å². The monoisotopic (exact) mass is 442 g/mol. The third kappa shape index (κ3) is 6.09. The van der Waals surface area contributed by atoms with Gasteiger partial charge in [-0.3, -0.25) is 9.59 Å². The molecule has 1 fully saturated rings. The highest BCUT2D eigenvalue weighted by Crippen LogP contribution is 2.48. The molecule has 2 aromatic rings. The summed E-state index contributed by atoms with van der Waals surface area (Å²) in [4.78, 5) is 23.7. The van der Waals surface area contributed by atoms with Gasteiger partial charge in [0.2, 0.25) is 0 Å². The van der Waals surface area contributed by atoms with Crippen molar-refractivity contribution in [2.24, 2.45) is 0 Å². The molecule has 172 valence electrons. The van der Waals surface area contributed by atoms with Crippen LogP contribution in [0.1, 0.15) is 63.6 Å². The highest BCUT2D eigenvalue weighted by Gasteiger charge is 2.42. The van der Waals surface area contributed by atoms with Gasteiger partial charge in [0.15, 0.2) is 0 Å². The van der Waals surface area contributed by atoms with Gasteiger partial charge in [-0.15, -0.1) is 0 Å². The summed E-state index contributed by atoms with van der Waals surface area (Å²) < 4.78 is 31.9. The zero-order chi connectivity index (χ0) is 23.4. The standard InChI is InChI=1S/C26H31FO5/c1-18(28)31-17-26(11-8-12-26)21-15-22(27)20(14-24(29)32-25(2,3)4)13-23(21)30-16-19-9-6-5-7-10-19/h5-7,9-10,13,15H,8,11-12,14,16-17H2,1-4H3. The van der Waals surface area contributed by atoms with Gasteiger partial charge in [-0.1, -0.05) is 36.8 Å². The summed E-state index contributed by atoms with van der Waals surface area (Å²) >= 11 is 0. The molecular weight excluding hydrogens is 411 g/mol. The van der Waals surface area contributed by atoms with Crippen molar-refractivity contribution < 1.29 is 28.2 Å². The van der Waals surface area contributed by atoms with E-state index in [0.29, 0.717) is 17.9 Å². The van der Waals surface area contributed by atoms with Crippen LogP contribution in [-0.2, 0) is 37.5 Å². The van der Waals surface area contributed by atoms with Crippen LogP contribution in [0.4, 0.5) is 4.39 Å². The molecule has 0 unspecified atom stereocenters. The van der Waals surface area contributed by atoms with Gasteiger partial charge in [0, 0.05) is 23.5 Å². The van der Waals surface area contributed by atoms with Crippen LogP contribution in [0.5, 0.6) is 5.75 Å². The van der Waals surface area contributed by atoms with E-state index in [2.05, 4.69) is 0 Å². The molecule has 1 aliphatic carbocycles. The number of carbonyl (C=O) groups excluding carboxylic acids is 2. The lowest BCUT2D eigenvalue weighted by Gasteiger charge is -2.42. The van der Waals surface area contributed by atoms with E-state index in [1.807, 2.05) is 30.3 Å². The lowest BCUT2D eigenvalue weighted by atomic mass is 9.64. The largest absolute Gasteiger partial charge is 0.489 e. The molecule has 1 aliphatic rings. The lowest BCUT2D eigenvalue weighted by molar-refractivity contribution is -0.154. The summed E-state index contributed by atoms with van der Waals surface area (Å²) in [6.45, 7) is 7.16. The van der Waals surface area contributed by atoms with Gasteiger partial charge < -0.3 is 14.2 Å². The topological polar surface area (TPSA) is 61.8 Å². The van der Waals surface area contributed by atoms with Crippen LogP contribution >= 0.6 is 0 Å². The molecule has 1 saturated carbocycles. The van der Waals surface area contributed by atoms with Gasteiger partial charge in [-0.2, -0.15) is 0 Å². The molecule has 6 heteroatoms. The van der Waals surface area contributed by atoms with Crippen LogP contribution in [0, 0.1) is 5.82 Å². The molecule has 0 heterocycles. The first-order valence-electron chi connectivity index (χ1n) is 10.9. The fourth-order valence-electron chi connectivity index (χ4n) is 3.87. The van der Waals surface area contributed by atoms with E-state index in [4.69, 9.17) is 14.2 Å². The normalized spacial score (nSPS) is 14.9. The first-order valence-corrected chi connectivity index (χ1v) is 10.9. The Kier molecular flexibility index (Phi) is 7.22. The number of benzene rings is 2. The average Bonchev–Trinajstić information content (AvgIpc) is 2.67. The molecule has 32 heavy (non-hydrogen) atoms. The van der Waals surface area contributed by atoms with E-state index in [1.54, 1.807) is 26.8 Å². The van der Waals surface area contributed by atoms with Crippen LogP contribution < -0.4 is 4.74 Å². The Morgan fingerprint density at radius 3 is 2.34 bits per heavy atom. The second-order valence-corrected chi connectivity index (χ2v) is 9.39. The molecular formula is C26H31FO5. The van der Waals surface area contributed by atoms with Gasteiger partial charge in [0.1, 0.15) is 30.4 Å². The van der Waals surface area contributed by atoms with E-state index in [9.17, 15) is 9.59 Å². The van der Waals surface area contributed by atoms with Crippen molar-refractivity contribution in [3.8, 4) is 5.75 Å². The van der Waals surface area contributed by atoms with E-state index in [-0.39, 0.29) is 24.6 Å². The first-order chi connectivity index (χ1) is 15.1. The van der Waals surface area contributed by atoms with Crippen LogP contribution in [0.25, 0.3) is 0 Å². The molecule has 0 amide bonds. The summed E-state index contributed by atoms with van der Waals surface area (Å²) in [6.07, 6.45) is 2.31. The van der Waals surface area contributed by atoms with E-state index < -0.39 is 22.8 Å². The predicted molar refractivity (Wildman–Crippen MR) is 119 cm³/mol. The summed E-state index contributed by atoms with van der Waals surface area (Å²) in [5.74, 6) is -0.867. The number of hydrogen-bond donors (Lipinski definition) is 0. The summed E-state index contributed by atoms with van der Waals surface area (Å²) in [7, 11) is 0. The quantitative estimate of drug-likeness (QED) is 0.521. The zero-order valence-corrected chi connectivity index (χ0v) is 19.2. The fourth-order valence-corrected chi connectivity index (χ4v) is 3.87. The Morgan fingerprint density at radius 1 is 1.09 bits per heavy atom. The van der Waals surface area contributed by atoms with Crippen molar-refractivity contribution in [1.29, 1.82) is 0 Å². The van der Waals surface area contributed by atoms with Crippen molar-refractivity contribution >= 4 is 11.9 Å². The average molecular weight is 443 g/mol. The van der Waals surface area contributed by atoms with Gasteiger partial charge in [0.25, 0.3) is 0 Å². The maximum Gasteiger partial charge on any atom is 0.310 e. The van der Waals surface area contributed by atoms with Crippen LogP contribution in [0.2, 0.25) is 0 Å². The van der Waals surface area contributed by atoms with Crippen molar-refractivity contribution in [1.82, 2.24) is 0 Å². The summed E-state index contributed by atoms with van der Waals surface area (Å²) in [5, 5.41) is 0. The van der Waals surface area contributed by atoms with Crippen molar-refractivity contribution in [3.05, 3.63) is 65.0 Å². The van der Waals surface area contributed by atoms with Crippen molar-refractivity contribution in [2.45, 2.75) is 71.0 Å². The third-order valence-electron chi connectivity index (χ3n) is 5.57. The van der Waals surface area contributed by atoms with E-state index in [1.165, 1.54) is 13.0 Å². The van der Waals surface area contributed by atoms with Crippen LogP contribution in [-0.4, -0.2) is 24.1 Å². The summed E-state index contributed by atoms with van der Waals surface area (Å²) in [6, 6.07) is 12.7. The second kappa shape index (κ2) is 9.72. The molecule has 5 nitrogen and oxygen atoms in total. The molecule has 0 spiro atoms. The minimum Gasteiger partial charge on any atom is -0.489 e. The Morgan fingerprint density at radius 2 is 1.78 bits per heavy atom. The van der Waals surface area contributed by atoms with Gasteiger partial charge >= 0.3 is 11.9 Å². The van der Waals surface area contributed by atoms with E-state index in [0.717, 1.165) is 24.8 Å². The molecule has 3 rings (SSSR count). The highest BCUT2D eigenvalue weighted by molar-refractivity contribution is 5.73. The Balaban J connectivity index is 1.92. The zero-order valence-electron chi connectivity index (χ0n) is 19.2. The number of ether oxygens (including phenoxy) is 3.